The van der Waals surface area contributed by atoms with Gasteiger partial charge in [0.1, 0.15) is 6.10 Å². The third kappa shape index (κ3) is 4.46. The van der Waals surface area contributed by atoms with E-state index in [-0.39, 0.29) is 12.1 Å². The maximum atomic E-state index is 12.6. The summed E-state index contributed by atoms with van der Waals surface area (Å²) in [5.74, 6) is 2.75. The Balaban J connectivity index is 1.40. The topological polar surface area (TPSA) is 57.0 Å². The number of thioether (sulfide) groups is 1. The molecule has 0 radical (unpaired) electrons. The Morgan fingerprint density at radius 3 is 2.82 bits per heavy atom. The molecule has 4 rings (SSSR count). The predicted octanol–water partition coefficient (Wildman–Crippen LogP) is 5.44. The number of hydrogen-bond acceptors (Lipinski definition) is 6. The fraction of sp³-hybridized carbons (Fsp3) is 0.667. The first-order valence-corrected chi connectivity index (χ1v) is 12.2. The van der Waals surface area contributed by atoms with Gasteiger partial charge in [0.15, 0.2) is 11.0 Å². The molecule has 0 aromatic carbocycles. The van der Waals surface area contributed by atoms with Gasteiger partial charge >= 0.3 is 5.97 Å². The lowest BCUT2D eigenvalue weighted by Gasteiger charge is -2.36. The summed E-state index contributed by atoms with van der Waals surface area (Å²) in [5, 5.41) is 11.7. The van der Waals surface area contributed by atoms with E-state index in [0.717, 1.165) is 41.5 Å². The molecule has 3 atom stereocenters. The Hall–Kier alpha value is -1.34. The number of nitrogens with zero attached hydrogens (tertiary/aromatic N) is 3. The molecule has 2 saturated carbocycles. The van der Waals surface area contributed by atoms with E-state index >= 15 is 0 Å². The molecular weight excluding hydrogens is 390 g/mol. The summed E-state index contributed by atoms with van der Waals surface area (Å²) >= 11 is 3.14. The van der Waals surface area contributed by atoms with E-state index in [1.165, 1.54) is 18.2 Å². The van der Waals surface area contributed by atoms with Crippen molar-refractivity contribution >= 4 is 29.1 Å². The van der Waals surface area contributed by atoms with Crippen molar-refractivity contribution in [2.45, 2.75) is 70.2 Å². The van der Waals surface area contributed by atoms with Gasteiger partial charge in [-0.25, -0.2) is 0 Å². The molecule has 0 aliphatic heterocycles. The highest BCUT2D eigenvalue weighted by Gasteiger charge is 2.34. The largest absolute Gasteiger partial charge is 0.461 e. The lowest BCUT2D eigenvalue weighted by molar-refractivity contribution is -0.152. The Morgan fingerprint density at radius 2 is 2.14 bits per heavy atom. The van der Waals surface area contributed by atoms with Crippen molar-refractivity contribution in [2.24, 2.45) is 17.8 Å². The molecule has 2 aromatic rings. The molecule has 0 unspecified atom stereocenters. The van der Waals surface area contributed by atoms with Gasteiger partial charge in [0, 0.05) is 6.04 Å². The second kappa shape index (κ2) is 8.57. The number of carbonyl (C=O) groups is 1. The van der Waals surface area contributed by atoms with E-state index in [0.29, 0.717) is 29.5 Å². The first kappa shape index (κ1) is 20.0. The first-order valence-electron chi connectivity index (χ1n) is 10.3. The lowest BCUT2D eigenvalue weighted by Crippen LogP contribution is -2.36. The molecular formula is C21H29N3O2S2. The zero-order valence-electron chi connectivity index (χ0n) is 16.8. The highest BCUT2D eigenvalue weighted by molar-refractivity contribution is 7.99. The van der Waals surface area contributed by atoms with Gasteiger partial charge in [0.2, 0.25) is 0 Å². The average Bonchev–Trinajstić information content (AvgIpc) is 3.17. The zero-order valence-corrected chi connectivity index (χ0v) is 18.5. The van der Waals surface area contributed by atoms with Crippen molar-refractivity contribution in [3.63, 3.8) is 0 Å². The summed E-state index contributed by atoms with van der Waals surface area (Å²) in [4.78, 5) is 13.7. The van der Waals surface area contributed by atoms with Gasteiger partial charge in [-0.05, 0) is 54.9 Å². The van der Waals surface area contributed by atoms with Crippen LogP contribution in [0.25, 0.3) is 10.7 Å². The van der Waals surface area contributed by atoms with Crippen LogP contribution in [-0.4, -0.2) is 32.6 Å². The van der Waals surface area contributed by atoms with E-state index in [9.17, 15) is 4.79 Å². The van der Waals surface area contributed by atoms with Crippen molar-refractivity contribution in [1.82, 2.24) is 14.8 Å². The number of carbonyl (C=O) groups excluding carboxylic acids is 1. The Kier molecular flexibility index (Phi) is 6.11. The van der Waals surface area contributed by atoms with Gasteiger partial charge in [-0.2, -0.15) is 0 Å². The van der Waals surface area contributed by atoms with Crippen LogP contribution in [0.2, 0.25) is 0 Å². The van der Waals surface area contributed by atoms with Crippen molar-refractivity contribution in [3.8, 4) is 10.7 Å². The molecule has 2 heterocycles. The van der Waals surface area contributed by atoms with Crippen LogP contribution in [-0.2, 0) is 9.53 Å². The van der Waals surface area contributed by atoms with Crippen molar-refractivity contribution < 1.29 is 9.53 Å². The van der Waals surface area contributed by atoms with E-state index in [1.54, 1.807) is 11.3 Å². The molecule has 2 aromatic heterocycles. The van der Waals surface area contributed by atoms with Crippen LogP contribution < -0.4 is 0 Å². The minimum atomic E-state index is -0.127. The summed E-state index contributed by atoms with van der Waals surface area (Å²) in [6.07, 6.45) is 5.75. The van der Waals surface area contributed by atoms with Crippen LogP contribution in [0, 0.1) is 17.8 Å². The van der Waals surface area contributed by atoms with Gasteiger partial charge in [0.25, 0.3) is 0 Å². The van der Waals surface area contributed by atoms with Gasteiger partial charge in [0.05, 0.1) is 10.6 Å². The highest BCUT2D eigenvalue weighted by atomic mass is 32.2. The number of ether oxygens (including phenoxy) is 1. The van der Waals surface area contributed by atoms with Crippen LogP contribution in [0.4, 0.5) is 0 Å². The molecule has 2 aliphatic carbocycles. The summed E-state index contributed by atoms with van der Waals surface area (Å²) < 4.78 is 8.15. The summed E-state index contributed by atoms with van der Waals surface area (Å²) in [5.41, 5.74) is 0. The second-order valence-corrected chi connectivity index (χ2v) is 10.4. The number of aromatic nitrogens is 3. The number of rotatable bonds is 7. The van der Waals surface area contributed by atoms with E-state index in [4.69, 9.17) is 4.74 Å². The summed E-state index contributed by atoms with van der Waals surface area (Å²) in [6.45, 7) is 6.73. The molecule has 2 aliphatic rings. The Labute approximate surface area is 175 Å². The molecule has 5 nitrogen and oxygen atoms in total. The van der Waals surface area contributed by atoms with E-state index in [1.807, 2.05) is 6.07 Å². The molecule has 152 valence electrons. The van der Waals surface area contributed by atoms with Crippen molar-refractivity contribution in [2.75, 3.05) is 5.75 Å². The fourth-order valence-electron chi connectivity index (χ4n) is 4.19. The third-order valence-corrected chi connectivity index (χ3v) is 7.66. The van der Waals surface area contributed by atoms with Crippen molar-refractivity contribution in [3.05, 3.63) is 17.5 Å². The standard InChI is InChI=1S/C21H29N3O2S2/c1-13(2)16-9-6-14(3)11-17(16)26-19(25)12-28-21-23-22-20(18-5-4-10-27-18)24(21)15-7-8-15/h4-5,10,13-17H,6-9,11-12H2,1-3H3/t14-,16-,17-/m1/s1. The van der Waals surface area contributed by atoms with Crippen LogP contribution in [0.3, 0.4) is 0 Å². The van der Waals surface area contributed by atoms with E-state index < -0.39 is 0 Å². The summed E-state index contributed by atoms with van der Waals surface area (Å²) in [6, 6.07) is 4.58. The maximum absolute atomic E-state index is 12.6. The zero-order chi connectivity index (χ0) is 19.7. The summed E-state index contributed by atoms with van der Waals surface area (Å²) in [7, 11) is 0. The molecule has 28 heavy (non-hydrogen) atoms. The third-order valence-electron chi connectivity index (χ3n) is 5.88. The first-order chi connectivity index (χ1) is 13.5. The molecule has 2 fully saturated rings. The minimum Gasteiger partial charge on any atom is -0.461 e. The molecule has 0 spiro atoms. The predicted molar refractivity (Wildman–Crippen MR) is 114 cm³/mol. The smallest absolute Gasteiger partial charge is 0.316 e. The van der Waals surface area contributed by atoms with Crippen LogP contribution in [0.5, 0.6) is 0 Å². The van der Waals surface area contributed by atoms with Gasteiger partial charge < -0.3 is 4.74 Å². The second-order valence-electron chi connectivity index (χ2n) is 8.53. The monoisotopic (exact) mass is 419 g/mol. The van der Waals surface area contributed by atoms with Crippen LogP contribution >= 0.6 is 23.1 Å². The SMILES string of the molecule is CC(C)[C@H]1CC[C@@H](C)C[C@H]1OC(=O)CSc1nnc(-c2cccs2)n1C1CC1. The minimum absolute atomic E-state index is 0.0554. The normalized spacial score (nSPS) is 25.2. The van der Waals surface area contributed by atoms with Gasteiger partial charge in [-0.1, -0.05) is 45.0 Å². The fourth-order valence-corrected chi connectivity index (χ4v) is 5.68. The lowest BCUT2D eigenvalue weighted by atomic mass is 9.75. The number of hydrogen-bond donors (Lipinski definition) is 0. The van der Waals surface area contributed by atoms with E-state index in [2.05, 4.69) is 47.0 Å². The van der Waals surface area contributed by atoms with Crippen LogP contribution in [0.1, 0.15) is 58.9 Å². The maximum Gasteiger partial charge on any atom is 0.316 e. The molecule has 0 N–H and O–H groups in total. The van der Waals surface area contributed by atoms with Gasteiger partial charge in [-0.15, -0.1) is 21.5 Å². The van der Waals surface area contributed by atoms with Crippen LogP contribution in [0.15, 0.2) is 22.7 Å². The molecule has 0 bridgehead atoms. The molecule has 7 heteroatoms. The Bertz CT molecular complexity index is 799. The highest BCUT2D eigenvalue weighted by Crippen LogP contribution is 2.42. The Morgan fingerprint density at radius 1 is 1.32 bits per heavy atom. The average molecular weight is 420 g/mol. The molecule has 0 saturated heterocycles. The van der Waals surface area contributed by atoms with Crippen molar-refractivity contribution in [1.29, 1.82) is 0 Å². The van der Waals surface area contributed by atoms with Gasteiger partial charge in [-0.3, -0.25) is 9.36 Å². The molecule has 0 amide bonds. The quantitative estimate of drug-likeness (QED) is 0.442. The number of esters is 1. The number of thiophene rings is 1.